The average molecular weight is 466 g/mol. The van der Waals surface area contributed by atoms with E-state index in [-0.39, 0.29) is 29.8 Å². The van der Waals surface area contributed by atoms with E-state index in [1.807, 2.05) is 41.0 Å². The number of nitrogens with zero attached hydrogens (tertiary/aromatic N) is 4. The Morgan fingerprint density at radius 3 is 2.58 bits per heavy atom. The number of nitrogens with one attached hydrogen (secondary N) is 2. The molecule has 0 atom stereocenters. The SMILES string of the molecule is CN=C(NCc1cccc(F)c1)NCc1nncn1-c1ccccc1.I. The van der Waals surface area contributed by atoms with Gasteiger partial charge >= 0.3 is 0 Å². The van der Waals surface area contributed by atoms with Gasteiger partial charge in [-0.2, -0.15) is 0 Å². The van der Waals surface area contributed by atoms with Crippen LogP contribution in [0.5, 0.6) is 0 Å². The monoisotopic (exact) mass is 466 g/mol. The van der Waals surface area contributed by atoms with Gasteiger partial charge in [0.05, 0.1) is 6.54 Å². The molecule has 26 heavy (non-hydrogen) atoms. The lowest BCUT2D eigenvalue weighted by molar-refractivity contribution is 0.624. The molecule has 2 N–H and O–H groups in total. The number of aromatic nitrogens is 3. The Bertz CT molecular complexity index is 850. The number of para-hydroxylation sites is 1. The average Bonchev–Trinajstić information content (AvgIpc) is 3.11. The fourth-order valence-corrected chi connectivity index (χ4v) is 2.40. The minimum absolute atomic E-state index is 0. The van der Waals surface area contributed by atoms with E-state index in [4.69, 9.17) is 0 Å². The first-order chi connectivity index (χ1) is 12.3. The molecule has 0 fully saturated rings. The van der Waals surface area contributed by atoms with E-state index in [1.54, 1.807) is 19.4 Å². The van der Waals surface area contributed by atoms with Crippen LogP contribution in [0.4, 0.5) is 4.39 Å². The van der Waals surface area contributed by atoms with Crippen molar-refractivity contribution in [2.45, 2.75) is 13.1 Å². The summed E-state index contributed by atoms with van der Waals surface area (Å²) in [6.07, 6.45) is 1.68. The second kappa shape index (κ2) is 9.85. The van der Waals surface area contributed by atoms with Crippen LogP contribution in [0, 0.1) is 5.82 Å². The Kier molecular flexibility index (Phi) is 7.52. The van der Waals surface area contributed by atoms with Gasteiger partial charge in [0.15, 0.2) is 11.8 Å². The van der Waals surface area contributed by atoms with Gasteiger partial charge in [-0.25, -0.2) is 4.39 Å². The van der Waals surface area contributed by atoms with E-state index >= 15 is 0 Å². The van der Waals surface area contributed by atoms with Gasteiger partial charge in [-0.15, -0.1) is 34.2 Å². The third-order valence-electron chi connectivity index (χ3n) is 3.64. The molecule has 1 aromatic heterocycles. The van der Waals surface area contributed by atoms with Crippen LogP contribution in [0.3, 0.4) is 0 Å². The summed E-state index contributed by atoms with van der Waals surface area (Å²) in [6, 6.07) is 16.3. The van der Waals surface area contributed by atoms with Crippen molar-refractivity contribution < 1.29 is 4.39 Å². The highest BCUT2D eigenvalue weighted by atomic mass is 127. The van der Waals surface area contributed by atoms with Crippen molar-refractivity contribution in [2.75, 3.05) is 7.05 Å². The Labute approximate surface area is 168 Å². The molecule has 0 radical (unpaired) electrons. The molecule has 2 aromatic carbocycles. The Hall–Kier alpha value is -2.49. The Morgan fingerprint density at radius 2 is 1.85 bits per heavy atom. The van der Waals surface area contributed by atoms with Gasteiger partial charge in [-0.3, -0.25) is 9.56 Å². The number of benzene rings is 2. The summed E-state index contributed by atoms with van der Waals surface area (Å²) in [5, 5.41) is 14.5. The first-order valence-electron chi connectivity index (χ1n) is 7.89. The van der Waals surface area contributed by atoms with Crippen LogP contribution in [0.15, 0.2) is 65.9 Å². The predicted molar refractivity (Wildman–Crippen MR) is 110 cm³/mol. The molecule has 8 heteroatoms. The zero-order valence-corrected chi connectivity index (χ0v) is 16.6. The fourth-order valence-electron chi connectivity index (χ4n) is 2.40. The van der Waals surface area contributed by atoms with Gasteiger partial charge in [0, 0.05) is 19.3 Å². The van der Waals surface area contributed by atoms with E-state index in [2.05, 4.69) is 25.8 Å². The molecule has 0 bridgehead atoms. The maximum Gasteiger partial charge on any atom is 0.191 e. The van der Waals surface area contributed by atoms with Gasteiger partial charge in [0.25, 0.3) is 0 Å². The minimum Gasteiger partial charge on any atom is -0.352 e. The van der Waals surface area contributed by atoms with E-state index < -0.39 is 0 Å². The largest absolute Gasteiger partial charge is 0.352 e. The van der Waals surface area contributed by atoms with Crippen molar-refractivity contribution in [1.29, 1.82) is 0 Å². The van der Waals surface area contributed by atoms with Crippen LogP contribution in [-0.2, 0) is 13.1 Å². The van der Waals surface area contributed by atoms with Crippen LogP contribution >= 0.6 is 24.0 Å². The first-order valence-corrected chi connectivity index (χ1v) is 7.89. The number of rotatable bonds is 5. The molecule has 0 unspecified atom stereocenters. The highest BCUT2D eigenvalue weighted by molar-refractivity contribution is 14.0. The van der Waals surface area contributed by atoms with Crippen LogP contribution in [0.25, 0.3) is 5.69 Å². The number of hydrogen-bond acceptors (Lipinski definition) is 3. The van der Waals surface area contributed by atoms with Gasteiger partial charge in [-0.05, 0) is 29.8 Å². The molecule has 0 aliphatic rings. The molecule has 136 valence electrons. The molecule has 0 aliphatic heterocycles. The quantitative estimate of drug-likeness (QED) is 0.345. The summed E-state index contributed by atoms with van der Waals surface area (Å²) < 4.78 is 15.1. The lowest BCUT2D eigenvalue weighted by Crippen LogP contribution is -2.36. The van der Waals surface area contributed by atoms with Crippen molar-refractivity contribution in [3.8, 4) is 5.69 Å². The molecule has 3 rings (SSSR count). The van der Waals surface area contributed by atoms with Crippen LogP contribution < -0.4 is 10.6 Å². The third kappa shape index (κ3) is 5.25. The molecule has 0 saturated carbocycles. The van der Waals surface area contributed by atoms with Crippen LogP contribution in [-0.4, -0.2) is 27.8 Å². The van der Waals surface area contributed by atoms with Gasteiger partial charge in [0.1, 0.15) is 12.1 Å². The number of halogens is 2. The summed E-state index contributed by atoms with van der Waals surface area (Å²) in [7, 11) is 1.68. The highest BCUT2D eigenvalue weighted by Crippen LogP contribution is 2.08. The van der Waals surface area contributed by atoms with Crippen molar-refractivity contribution >= 4 is 29.9 Å². The van der Waals surface area contributed by atoms with Crippen molar-refractivity contribution in [3.63, 3.8) is 0 Å². The lowest BCUT2D eigenvalue weighted by Gasteiger charge is -2.12. The second-order valence-corrected chi connectivity index (χ2v) is 5.36. The Balaban J connectivity index is 0.00000243. The molecule has 0 saturated heterocycles. The van der Waals surface area contributed by atoms with Crippen molar-refractivity contribution in [2.24, 2.45) is 4.99 Å². The van der Waals surface area contributed by atoms with E-state index in [9.17, 15) is 4.39 Å². The fraction of sp³-hybridized carbons (Fsp3) is 0.167. The van der Waals surface area contributed by atoms with E-state index in [1.165, 1.54) is 12.1 Å². The summed E-state index contributed by atoms with van der Waals surface area (Å²) >= 11 is 0. The summed E-state index contributed by atoms with van der Waals surface area (Å²) in [4.78, 5) is 4.17. The van der Waals surface area contributed by atoms with E-state index in [0.29, 0.717) is 19.0 Å². The zero-order valence-electron chi connectivity index (χ0n) is 14.3. The smallest absolute Gasteiger partial charge is 0.191 e. The molecule has 1 heterocycles. The van der Waals surface area contributed by atoms with Gasteiger partial charge in [-0.1, -0.05) is 30.3 Å². The van der Waals surface area contributed by atoms with Gasteiger partial charge in [0.2, 0.25) is 0 Å². The first kappa shape index (κ1) is 19.8. The molecule has 0 spiro atoms. The number of hydrogen-bond donors (Lipinski definition) is 2. The standard InChI is InChI=1S/C18H19FN6.HI/c1-20-18(21-11-14-6-5-7-15(19)10-14)22-12-17-24-23-13-25(17)16-8-3-2-4-9-16;/h2-10,13H,11-12H2,1H3,(H2,20,21,22);1H. The predicted octanol–water partition coefficient (Wildman–Crippen LogP) is 2.89. The highest BCUT2D eigenvalue weighted by Gasteiger charge is 2.07. The summed E-state index contributed by atoms with van der Waals surface area (Å²) in [6.45, 7) is 0.931. The van der Waals surface area contributed by atoms with Crippen molar-refractivity contribution in [3.05, 3.63) is 78.1 Å². The zero-order chi connectivity index (χ0) is 17.5. The second-order valence-electron chi connectivity index (χ2n) is 5.36. The Morgan fingerprint density at radius 1 is 1.08 bits per heavy atom. The number of aliphatic imine (C=N–C) groups is 1. The van der Waals surface area contributed by atoms with Crippen molar-refractivity contribution in [1.82, 2.24) is 25.4 Å². The minimum atomic E-state index is -0.252. The van der Waals surface area contributed by atoms with Gasteiger partial charge < -0.3 is 10.6 Å². The maximum absolute atomic E-state index is 13.2. The topological polar surface area (TPSA) is 67.1 Å². The molecular weight excluding hydrogens is 446 g/mol. The maximum atomic E-state index is 13.2. The summed E-state index contributed by atoms with van der Waals surface area (Å²) in [5.74, 6) is 1.12. The lowest BCUT2D eigenvalue weighted by atomic mass is 10.2. The molecule has 0 aliphatic carbocycles. The van der Waals surface area contributed by atoms with E-state index in [0.717, 1.165) is 17.1 Å². The van der Waals surface area contributed by atoms with Crippen LogP contribution in [0.1, 0.15) is 11.4 Å². The molecule has 3 aromatic rings. The number of guanidine groups is 1. The molecular formula is C18H20FIN6. The molecule has 6 nitrogen and oxygen atoms in total. The normalized spacial score (nSPS) is 10.9. The van der Waals surface area contributed by atoms with Crippen LogP contribution in [0.2, 0.25) is 0 Å². The summed E-state index contributed by atoms with van der Waals surface area (Å²) in [5.41, 5.74) is 1.84. The third-order valence-corrected chi connectivity index (χ3v) is 3.64. The molecule has 0 amide bonds.